The molecule has 3 N–H and O–H groups in total. The Kier molecular flexibility index (Phi) is 9.69. The lowest BCUT2D eigenvalue weighted by Crippen LogP contribution is -2.43. The topological polar surface area (TPSA) is 58.4 Å². The van der Waals surface area contributed by atoms with Crippen molar-refractivity contribution in [1.29, 1.82) is 0 Å². The molecule has 0 spiro atoms. The number of amides is 1. The number of likely N-dealkylation sites (N-methyl/N-ethyl adjacent to an activating group) is 1. The zero-order chi connectivity index (χ0) is 14.5. The number of hydrogen-bond donors (Lipinski definition) is 2. The average Bonchev–Trinajstić information content (AvgIpc) is 3.30. The number of rotatable bonds is 7. The summed E-state index contributed by atoms with van der Waals surface area (Å²) in [6, 6.07) is 10.8. The lowest BCUT2D eigenvalue weighted by atomic mass is 9.98. The van der Waals surface area contributed by atoms with Crippen LogP contribution in [-0.2, 0) is 4.79 Å². The summed E-state index contributed by atoms with van der Waals surface area (Å²) in [5, 5.41) is 3.03. The van der Waals surface area contributed by atoms with Crippen LogP contribution in [0.1, 0.15) is 31.2 Å². The van der Waals surface area contributed by atoms with Crippen molar-refractivity contribution in [3.8, 4) is 0 Å². The summed E-state index contributed by atoms with van der Waals surface area (Å²) in [7, 11) is 2.13. The molecule has 1 saturated carbocycles. The van der Waals surface area contributed by atoms with Gasteiger partial charge in [-0.2, -0.15) is 0 Å². The highest BCUT2D eigenvalue weighted by atomic mass is 35.5. The van der Waals surface area contributed by atoms with E-state index >= 15 is 0 Å². The number of nitrogens with one attached hydrogen (secondary N) is 1. The second-order valence-corrected chi connectivity index (χ2v) is 5.69. The van der Waals surface area contributed by atoms with Crippen LogP contribution in [0.4, 0.5) is 0 Å². The van der Waals surface area contributed by atoms with E-state index in [0.29, 0.717) is 25.2 Å². The van der Waals surface area contributed by atoms with E-state index in [-0.39, 0.29) is 36.6 Å². The molecule has 0 saturated heterocycles. The van der Waals surface area contributed by atoms with Gasteiger partial charge in [-0.05, 0) is 32.4 Å². The maximum atomic E-state index is 12.3. The van der Waals surface area contributed by atoms with Crippen molar-refractivity contribution < 1.29 is 4.79 Å². The molecule has 2 atom stereocenters. The van der Waals surface area contributed by atoms with Crippen LogP contribution in [0.15, 0.2) is 30.3 Å². The summed E-state index contributed by atoms with van der Waals surface area (Å²) in [6.45, 7) is 3.16. The third-order valence-corrected chi connectivity index (χ3v) is 4.14. The molecule has 22 heavy (non-hydrogen) atoms. The molecule has 1 aliphatic carbocycles. The highest BCUT2D eigenvalue weighted by molar-refractivity contribution is 5.85. The molecule has 1 amide bonds. The molecule has 1 aliphatic rings. The van der Waals surface area contributed by atoms with E-state index in [1.54, 1.807) is 0 Å². The smallest absolute Gasteiger partial charge is 0.228 e. The van der Waals surface area contributed by atoms with E-state index in [4.69, 9.17) is 5.73 Å². The molecule has 0 aliphatic heterocycles. The fraction of sp³-hybridized carbons (Fsp3) is 0.562. The Bertz CT molecular complexity index is 440. The molecule has 1 aromatic carbocycles. The molecule has 6 heteroatoms. The van der Waals surface area contributed by atoms with Gasteiger partial charge in [0, 0.05) is 25.2 Å². The molecule has 126 valence electrons. The van der Waals surface area contributed by atoms with Crippen LogP contribution in [-0.4, -0.2) is 43.0 Å². The second-order valence-electron chi connectivity index (χ2n) is 5.69. The van der Waals surface area contributed by atoms with Gasteiger partial charge < -0.3 is 11.1 Å². The molecule has 1 fully saturated rings. The Balaban J connectivity index is 0.00000220. The Morgan fingerprint density at radius 3 is 2.41 bits per heavy atom. The van der Waals surface area contributed by atoms with Gasteiger partial charge in [0.1, 0.15) is 0 Å². The van der Waals surface area contributed by atoms with E-state index in [0.717, 1.165) is 5.56 Å². The van der Waals surface area contributed by atoms with Crippen LogP contribution in [0.2, 0.25) is 0 Å². The first-order chi connectivity index (χ1) is 9.63. The summed E-state index contributed by atoms with van der Waals surface area (Å²) in [5.74, 6) is -0.232. The Morgan fingerprint density at radius 2 is 1.91 bits per heavy atom. The third-order valence-electron chi connectivity index (χ3n) is 4.14. The first-order valence-corrected chi connectivity index (χ1v) is 7.38. The van der Waals surface area contributed by atoms with Crippen molar-refractivity contribution in [2.45, 2.75) is 37.8 Å². The molecule has 0 radical (unpaired) electrons. The highest BCUT2D eigenvalue weighted by Crippen LogP contribution is 2.26. The molecule has 0 heterocycles. The fourth-order valence-electron chi connectivity index (χ4n) is 2.44. The van der Waals surface area contributed by atoms with E-state index in [2.05, 4.69) is 24.2 Å². The zero-order valence-corrected chi connectivity index (χ0v) is 14.8. The maximum absolute atomic E-state index is 12.3. The van der Waals surface area contributed by atoms with E-state index in [1.165, 1.54) is 12.8 Å². The number of nitrogens with two attached hydrogens (primary N) is 1. The van der Waals surface area contributed by atoms with Gasteiger partial charge in [0.2, 0.25) is 5.91 Å². The number of benzene rings is 1. The predicted molar refractivity (Wildman–Crippen MR) is 96.0 cm³/mol. The number of carbonyl (C=O) groups is 1. The lowest BCUT2D eigenvalue weighted by molar-refractivity contribution is -0.122. The van der Waals surface area contributed by atoms with Crippen LogP contribution >= 0.6 is 24.8 Å². The molecule has 2 unspecified atom stereocenters. The van der Waals surface area contributed by atoms with Gasteiger partial charge in [-0.3, -0.25) is 9.69 Å². The summed E-state index contributed by atoms with van der Waals surface area (Å²) >= 11 is 0. The van der Waals surface area contributed by atoms with Crippen molar-refractivity contribution >= 4 is 30.7 Å². The molecule has 0 bridgehead atoms. The number of halogens is 2. The summed E-state index contributed by atoms with van der Waals surface area (Å²) in [6.07, 6.45) is 2.56. The number of nitrogens with zero attached hydrogens (tertiary/aromatic N) is 1. The first kappa shape index (κ1) is 21.2. The summed E-state index contributed by atoms with van der Waals surface area (Å²) < 4.78 is 0. The van der Waals surface area contributed by atoms with Gasteiger partial charge >= 0.3 is 0 Å². The lowest BCUT2D eigenvalue weighted by Gasteiger charge is -2.25. The highest BCUT2D eigenvalue weighted by Gasteiger charge is 2.29. The minimum Gasteiger partial charge on any atom is -0.354 e. The van der Waals surface area contributed by atoms with Crippen molar-refractivity contribution in [2.24, 2.45) is 5.73 Å². The van der Waals surface area contributed by atoms with E-state index in [9.17, 15) is 4.79 Å². The SMILES string of the molecule is CC(CNC(=O)C(CN)c1ccccc1)N(C)C1CC1.Cl.Cl. The zero-order valence-electron chi connectivity index (χ0n) is 13.2. The van der Waals surface area contributed by atoms with Gasteiger partial charge in [0.25, 0.3) is 0 Å². The predicted octanol–water partition coefficient (Wildman–Crippen LogP) is 2.17. The van der Waals surface area contributed by atoms with Crippen molar-refractivity contribution in [1.82, 2.24) is 10.2 Å². The molecule has 4 nitrogen and oxygen atoms in total. The minimum atomic E-state index is -0.255. The van der Waals surface area contributed by atoms with Crippen molar-refractivity contribution in [3.63, 3.8) is 0 Å². The van der Waals surface area contributed by atoms with Crippen LogP contribution < -0.4 is 11.1 Å². The standard InChI is InChI=1S/C16H25N3O.2ClH/c1-12(19(2)14-8-9-14)11-18-16(20)15(10-17)13-6-4-3-5-7-13;;/h3-7,12,14-15H,8-11,17H2,1-2H3,(H,18,20);2*1H. The molecule has 2 rings (SSSR count). The Hall–Kier alpha value is -0.810. The average molecular weight is 348 g/mol. The van der Waals surface area contributed by atoms with Crippen LogP contribution in [0.3, 0.4) is 0 Å². The molecular weight excluding hydrogens is 321 g/mol. The fourth-order valence-corrected chi connectivity index (χ4v) is 2.44. The van der Waals surface area contributed by atoms with Crippen LogP contribution in [0, 0.1) is 0 Å². The third kappa shape index (κ3) is 5.76. The monoisotopic (exact) mass is 347 g/mol. The number of carbonyl (C=O) groups excluding carboxylic acids is 1. The summed E-state index contributed by atoms with van der Waals surface area (Å²) in [4.78, 5) is 14.6. The second kappa shape index (κ2) is 10.1. The van der Waals surface area contributed by atoms with Gasteiger partial charge in [0.05, 0.1) is 5.92 Å². The quantitative estimate of drug-likeness (QED) is 0.794. The van der Waals surface area contributed by atoms with Crippen LogP contribution in [0.25, 0.3) is 0 Å². The van der Waals surface area contributed by atoms with Gasteiger partial charge in [0.15, 0.2) is 0 Å². The first-order valence-electron chi connectivity index (χ1n) is 7.38. The largest absolute Gasteiger partial charge is 0.354 e. The Labute approximate surface area is 145 Å². The van der Waals surface area contributed by atoms with E-state index < -0.39 is 0 Å². The minimum absolute atomic E-state index is 0. The Morgan fingerprint density at radius 1 is 1.32 bits per heavy atom. The summed E-state index contributed by atoms with van der Waals surface area (Å²) in [5.41, 5.74) is 6.74. The normalized spacial score (nSPS) is 16.2. The van der Waals surface area contributed by atoms with E-state index in [1.807, 2.05) is 30.3 Å². The maximum Gasteiger partial charge on any atom is 0.228 e. The molecule has 0 aromatic heterocycles. The van der Waals surface area contributed by atoms with Gasteiger partial charge in [-0.25, -0.2) is 0 Å². The van der Waals surface area contributed by atoms with Gasteiger partial charge in [-0.15, -0.1) is 24.8 Å². The molecular formula is C16H27Cl2N3O. The molecule has 1 aromatic rings. The van der Waals surface area contributed by atoms with Gasteiger partial charge in [-0.1, -0.05) is 30.3 Å². The van der Waals surface area contributed by atoms with Crippen molar-refractivity contribution in [3.05, 3.63) is 35.9 Å². The van der Waals surface area contributed by atoms with Crippen molar-refractivity contribution in [2.75, 3.05) is 20.1 Å². The number of hydrogen-bond acceptors (Lipinski definition) is 3. The van der Waals surface area contributed by atoms with Crippen LogP contribution in [0.5, 0.6) is 0 Å².